The second-order valence-electron chi connectivity index (χ2n) is 3.57. The fourth-order valence-corrected chi connectivity index (χ4v) is 3.40. The van der Waals surface area contributed by atoms with Gasteiger partial charge in [0.25, 0.3) is 0 Å². The quantitative estimate of drug-likeness (QED) is 0.345. The molecule has 0 fully saturated rings. The van der Waals surface area contributed by atoms with E-state index in [1.54, 1.807) is 19.2 Å². The van der Waals surface area contributed by atoms with Crippen molar-refractivity contribution in [3.05, 3.63) is 34.7 Å². The van der Waals surface area contributed by atoms with Crippen LogP contribution < -0.4 is 16.8 Å². The normalized spacial score (nSPS) is 9.81. The maximum atomic E-state index is 5.79. The molecule has 0 saturated heterocycles. The maximum absolute atomic E-state index is 5.79. The van der Waals surface area contributed by atoms with E-state index in [-0.39, 0.29) is 5.15 Å². The van der Waals surface area contributed by atoms with Gasteiger partial charge < -0.3 is 16.8 Å². The minimum Gasteiger partial charge on any atom is -0.395 e. The van der Waals surface area contributed by atoms with E-state index in [0.717, 1.165) is 7.40 Å². The van der Waals surface area contributed by atoms with Crippen molar-refractivity contribution in [2.75, 3.05) is 23.8 Å². The smallest absolute Gasteiger partial charge is 0.154 e. The van der Waals surface area contributed by atoms with Crippen molar-refractivity contribution in [3.63, 3.8) is 0 Å². The van der Waals surface area contributed by atoms with Gasteiger partial charge in [0, 0.05) is 7.05 Å². The molecule has 114 valence electrons. The molecule has 0 unspecified atom stereocenters. The van der Waals surface area contributed by atoms with Gasteiger partial charge in [-0.15, -0.1) is 0 Å². The molecule has 21 heavy (non-hydrogen) atoms. The van der Waals surface area contributed by atoms with E-state index in [1.165, 1.54) is 0 Å². The Hall–Kier alpha value is 0.0300. The van der Waals surface area contributed by atoms with Crippen LogP contribution in [0, 0.1) is 7.40 Å². The third-order valence-electron chi connectivity index (χ3n) is 2.14. The zero-order valence-corrected chi connectivity index (χ0v) is 17.2. The molecule has 0 aliphatic carbocycles. The summed E-state index contributed by atoms with van der Waals surface area (Å²) in [4.78, 5) is 7.99. The average molecular weight is 572 g/mol. The number of nitrogens with zero attached hydrogens (tertiary/aromatic N) is 2. The van der Waals surface area contributed by atoms with Crippen molar-refractivity contribution in [1.82, 2.24) is 9.97 Å². The Morgan fingerprint density at radius 2 is 1.43 bits per heavy atom. The molecule has 0 aliphatic rings. The lowest BCUT2D eigenvalue weighted by atomic mass is 10.4. The van der Waals surface area contributed by atoms with E-state index >= 15 is 0 Å². The van der Waals surface area contributed by atoms with Crippen molar-refractivity contribution in [2.45, 2.75) is 0 Å². The lowest BCUT2D eigenvalue weighted by molar-refractivity contribution is 1.25. The van der Waals surface area contributed by atoms with Crippen LogP contribution in [-0.2, 0) is 0 Å². The van der Waals surface area contributed by atoms with Gasteiger partial charge in [0.05, 0.1) is 21.4 Å². The van der Waals surface area contributed by atoms with Gasteiger partial charge in [-0.2, -0.15) is 0 Å². The Morgan fingerprint density at radius 1 is 0.952 bits per heavy atom. The molecule has 5 N–H and O–H groups in total. The fourth-order valence-electron chi connectivity index (χ4n) is 1.15. The van der Waals surface area contributed by atoms with Gasteiger partial charge >= 0.3 is 0 Å². The van der Waals surface area contributed by atoms with Crippen LogP contribution >= 0.6 is 80.0 Å². The van der Waals surface area contributed by atoms with E-state index in [4.69, 9.17) is 46.3 Å². The highest BCUT2D eigenvalue weighted by Gasteiger charge is 2.04. The van der Waals surface area contributed by atoms with Gasteiger partial charge in [0.15, 0.2) is 11.0 Å². The summed E-state index contributed by atoms with van der Waals surface area (Å²) in [5, 5.41) is 4.10. The summed E-state index contributed by atoms with van der Waals surface area (Å²) in [6.07, 6.45) is 0. The number of nitrogen functional groups attached to an aromatic ring is 2. The van der Waals surface area contributed by atoms with E-state index in [2.05, 4.69) is 37.9 Å². The zero-order chi connectivity index (χ0) is 16.2. The van der Waals surface area contributed by atoms with Crippen molar-refractivity contribution < 1.29 is 0 Å². The topological polar surface area (TPSA) is 89.8 Å². The predicted octanol–water partition coefficient (Wildman–Crippen LogP) is 4.54. The van der Waals surface area contributed by atoms with Gasteiger partial charge in [0.1, 0.15) is 7.40 Å². The average Bonchev–Trinajstić information content (AvgIpc) is 2.40. The molecule has 5 nitrogen and oxygen atoms in total. The number of pyridine rings is 2. The molecule has 2 rings (SSSR count). The molecule has 0 aliphatic heterocycles. The molecule has 2 heterocycles. The Balaban J connectivity index is 0.000000211. The highest BCUT2D eigenvalue weighted by molar-refractivity contribution is 14.1. The summed E-state index contributed by atoms with van der Waals surface area (Å²) in [5.74, 6) is 0.627. The molecular weight excluding hydrogens is 562 g/mol. The van der Waals surface area contributed by atoms with Gasteiger partial charge in [-0.3, -0.25) is 0 Å². The molecule has 2 aromatic heterocycles. The fraction of sp³-hybridized carbons (Fsp3) is 0.0909. The second kappa shape index (κ2) is 8.61. The van der Waals surface area contributed by atoms with Gasteiger partial charge in [-0.1, -0.05) is 34.8 Å². The van der Waals surface area contributed by atoms with Gasteiger partial charge in [-0.25, -0.2) is 9.97 Å². The number of nitrogens with two attached hydrogens (primary N) is 2. The number of anilines is 3. The summed E-state index contributed by atoms with van der Waals surface area (Å²) in [6, 6.07) is 3.38. The van der Waals surface area contributed by atoms with Crippen molar-refractivity contribution in [1.29, 1.82) is 0 Å². The van der Waals surface area contributed by atoms with Crippen LogP contribution in [0.3, 0.4) is 0 Å². The van der Waals surface area contributed by atoms with E-state index in [1.807, 2.05) is 22.6 Å². The number of rotatable bonds is 1. The van der Waals surface area contributed by atoms with Crippen molar-refractivity contribution in [2.24, 2.45) is 0 Å². The van der Waals surface area contributed by atoms with Crippen LogP contribution in [0.25, 0.3) is 0 Å². The number of aromatic nitrogens is 2. The summed E-state index contributed by atoms with van der Waals surface area (Å²) in [7, 11) is 1.76. The summed E-state index contributed by atoms with van der Waals surface area (Å²) in [5.41, 5.74) is 11.9. The standard InChI is InChI=1S/C6H7ClIN3.C5H3Cl2IN2/c1-10-6-5(9)3(7)2-4(8)11-6;6-2-1-3(8)10-5(7)4(2)9/h2H,9H2,1H3,(H,10,11);1H,9H2. The Bertz CT molecular complexity index is 631. The maximum Gasteiger partial charge on any atom is 0.154 e. The van der Waals surface area contributed by atoms with E-state index < -0.39 is 0 Å². The van der Waals surface area contributed by atoms with Gasteiger partial charge in [-0.05, 0) is 57.3 Å². The molecule has 0 amide bonds. The largest absolute Gasteiger partial charge is 0.395 e. The molecule has 0 bridgehead atoms. The molecule has 0 atom stereocenters. The molecule has 2 aromatic rings. The molecule has 0 spiro atoms. The van der Waals surface area contributed by atoms with Crippen LogP contribution in [0.4, 0.5) is 17.2 Å². The van der Waals surface area contributed by atoms with Crippen molar-refractivity contribution in [3.8, 4) is 0 Å². The first kappa shape index (κ1) is 19.1. The predicted molar refractivity (Wildman–Crippen MR) is 107 cm³/mol. The van der Waals surface area contributed by atoms with Crippen LogP contribution in [-0.4, -0.2) is 17.0 Å². The Kier molecular flexibility index (Phi) is 7.82. The van der Waals surface area contributed by atoms with Crippen LogP contribution in [0.5, 0.6) is 0 Å². The lowest BCUT2D eigenvalue weighted by Gasteiger charge is -2.05. The summed E-state index contributed by atoms with van der Waals surface area (Å²) < 4.78 is 1.56. The molecule has 0 radical (unpaired) electrons. The minimum absolute atomic E-state index is 0.261. The first-order valence-electron chi connectivity index (χ1n) is 5.32. The minimum atomic E-state index is 0.261. The van der Waals surface area contributed by atoms with Crippen LogP contribution in [0.15, 0.2) is 12.1 Å². The van der Waals surface area contributed by atoms with E-state index in [9.17, 15) is 0 Å². The summed E-state index contributed by atoms with van der Waals surface area (Å²) >= 11 is 21.1. The first-order valence-corrected chi connectivity index (χ1v) is 8.61. The first-order chi connectivity index (χ1) is 9.76. The Labute approximate surface area is 164 Å². The van der Waals surface area contributed by atoms with Gasteiger partial charge in [0.2, 0.25) is 0 Å². The Morgan fingerprint density at radius 3 is 1.90 bits per heavy atom. The lowest BCUT2D eigenvalue weighted by Crippen LogP contribution is -2.00. The molecule has 0 aromatic carbocycles. The zero-order valence-electron chi connectivity index (χ0n) is 10.6. The van der Waals surface area contributed by atoms with Crippen molar-refractivity contribution >= 4 is 97.2 Å². The third-order valence-corrected chi connectivity index (χ3v) is 4.16. The van der Waals surface area contributed by atoms with Crippen LogP contribution in [0.1, 0.15) is 0 Å². The number of hydrogen-bond donors (Lipinski definition) is 3. The third kappa shape index (κ3) is 5.62. The molecule has 0 saturated carbocycles. The number of hydrogen-bond acceptors (Lipinski definition) is 5. The second-order valence-corrected chi connectivity index (χ2v) is 6.95. The monoisotopic (exact) mass is 571 g/mol. The SMILES string of the molecule is CNc1nc(I)cc(Cl)c1N.Nc1c(Cl)cc(I)nc1Cl. The number of halogens is 5. The molecule has 10 heteroatoms. The number of nitrogens with one attached hydrogen (secondary N) is 1. The van der Waals surface area contributed by atoms with Crippen LogP contribution in [0.2, 0.25) is 15.2 Å². The summed E-state index contributed by atoms with van der Waals surface area (Å²) in [6.45, 7) is 0. The highest BCUT2D eigenvalue weighted by Crippen LogP contribution is 2.27. The molecular formula is C11H10Cl3I2N5. The highest BCUT2D eigenvalue weighted by atomic mass is 127. The van der Waals surface area contributed by atoms with E-state index in [0.29, 0.717) is 27.2 Å².